The molecular formula is C6H4Cl2O4S. The lowest BCUT2D eigenvalue weighted by molar-refractivity contribution is 0.473. The lowest BCUT2D eigenvalue weighted by atomic mass is 10.3. The molecule has 0 spiro atoms. The molecule has 0 aliphatic carbocycles. The highest BCUT2D eigenvalue weighted by Crippen LogP contribution is 2.32. The molecule has 0 fully saturated rings. The number of hydrogen-bond donors (Lipinski definition) is 2. The maximum absolute atomic E-state index is 10.7. The van der Waals surface area contributed by atoms with Gasteiger partial charge in [-0.1, -0.05) is 23.2 Å². The third-order valence-corrected chi connectivity index (χ3v) is 3.02. The maximum atomic E-state index is 10.7. The van der Waals surface area contributed by atoms with Crippen LogP contribution < -0.4 is 0 Å². The first-order valence-corrected chi connectivity index (χ1v) is 5.17. The van der Waals surface area contributed by atoms with E-state index in [0.29, 0.717) is 0 Å². The topological polar surface area (TPSA) is 74.6 Å². The van der Waals surface area contributed by atoms with Crippen LogP contribution in [0.4, 0.5) is 0 Å². The van der Waals surface area contributed by atoms with Crippen LogP contribution in [0.1, 0.15) is 0 Å². The van der Waals surface area contributed by atoms with Gasteiger partial charge in [-0.3, -0.25) is 4.55 Å². The second kappa shape index (κ2) is 3.34. The zero-order chi connectivity index (χ0) is 10.2. The molecule has 0 heterocycles. The first-order chi connectivity index (χ1) is 5.82. The van der Waals surface area contributed by atoms with Gasteiger partial charge in [0.2, 0.25) is 0 Å². The van der Waals surface area contributed by atoms with E-state index in [1.165, 1.54) is 0 Å². The molecule has 0 saturated carbocycles. The molecule has 0 unspecified atom stereocenters. The molecule has 4 nitrogen and oxygen atoms in total. The Kier molecular flexibility index (Phi) is 2.72. The van der Waals surface area contributed by atoms with E-state index in [1.54, 1.807) is 0 Å². The number of aromatic hydroxyl groups is 1. The molecule has 0 atom stereocenters. The fourth-order valence-electron chi connectivity index (χ4n) is 0.793. The van der Waals surface area contributed by atoms with E-state index in [0.717, 1.165) is 12.1 Å². The van der Waals surface area contributed by atoms with Crippen LogP contribution in [0, 0.1) is 0 Å². The molecule has 72 valence electrons. The van der Waals surface area contributed by atoms with Crippen LogP contribution in [0.25, 0.3) is 0 Å². The SMILES string of the molecule is O=S(=O)(O)c1c(Cl)cc(O)cc1Cl. The summed E-state index contributed by atoms with van der Waals surface area (Å²) in [5.74, 6) is -0.276. The fraction of sp³-hybridized carbons (Fsp3) is 0. The molecule has 1 aromatic rings. The Morgan fingerprint density at radius 3 is 1.85 bits per heavy atom. The van der Waals surface area contributed by atoms with Crippen LogP contribution in [0.2, 0.25) is 10.0 Å². The van der Waals surface area contributed by atoms with Crippen molar-refractivity contribution in [3.05, 3.63) is 22.2 Å². The maximum Gasteiger partial charge on any atom is 0.297 e. The average Bonchev–Trinajstić information content (AvgIpc) is 1.78. The summed E-state index contributed by atoms with van der Waals surface area (Å²) >= 11 is 10.9. The largest absolute Gasteiger partial charge is 0.508 e. The summed E-state index contributed by atoms with van der Waals surface area (Å²) in [5.41, 5.74) is 0. The number of rotatable bonds is 1. The van der Waals surface area contributed by atoms with Crippen LogP contribution in [0.3, 0.4) is 0 Å². The molecular weight excluding hydrogens is 239 g/mol. The molecule has 7 heteroatoms. The monoisotopic (exact) mass is 242 g/mol. The third-order valence-electron chi connectivity index (χ3n) is 1.24. The van der Waals surface area contributed by atoms with Crippen LogP contribution in [-0.2, 0) is 10.1 Å². The van der Waals surface area contributed by atoms with E-state index < -0.39 is 15.0 Å². The van der Waals surface area contributed by atoms with E-state index in [-0.39, 0.29) is 15.8 Å². The molecule has 0 bridgehead atoms. The van der Waals surface area contributed by atoms with Gasteiger partial charge in [-0.25, -0.2) is 0 Å². The summed E-state index contributed by atoms with van der Waals surface area (Å²) in [7, 11) is -4.46. The van der Waals surface area contributed by atoms with Crippen molar-refractivity contribution < 1.29 is 18.1 Å². The Balaban J connectivity index is 3.57. The van der Waals surface area contributed by atoms with Gasteiger partial charge in [-0.2, -0.15) is 8.42 Å². The van der Waals surface area contributed by atoms with Crippen LogP contribution >= 0.6 is 23.2 Å². The Morgan fingerprint density at radius 1 is 1.15 bits per heavy atom. The van der Waals surface area contributed by atoms with E-state index in [1.807, 2.05) is 0 Å². The van der Waals surface area contributed by atoms with Crippen molar-refractivity contribution in [1.29, 1.82) is 0 Å². The molecule has 1 aromatic carbocycles. The van der Waals surface area contributed by atoms with Crippen molar-refractivity contribution in [2.24, 2.45) is 0 Å². The van der Waals surface area contributed by atoms with Gasteiger partial charge in [-0.15, -0.1) is 0 Å². The van der Waals surface area contributed by atoms with Crippen LogP contribution in [-0.4, -0.2) is 18.1 Å². The van der Waals surface area contributed by atoms with Crippen LogP contribution in [0.5, 0.6) is 5.75 Å². The second-order valence-corrected chi connectivity index (χ2v) is 4.39. The van der Waals surface area contributed by atoms with Crippen molar-refractivity contribution in [2.75, 3.05) is 0 Å². The van der Waals surface area contributed by atoms with Gasteiger partial charge in [-0.05, 0) is 0 Å². The summed E-state index contributed by atoms with van der Waals surface area (Å²) in [6.07, 6.45) is 0. The predicted molar refractivity (Wildman–Crippen MR) is 47.9 cm³/mol. The Morgan fingerprint density at radius 2 is 1.54 bits per heavy atom. The van der Waals surface area contributed by atoms with Gasteiger partial charge in [0.25, 0.3) is 10.1 Å². The first kappa shape index (κ1) is 10.6. The molecule has 0 saturated heterocycles. The number of benzene rings is 1. The summed E-state index contributed by atoms with van der Waals surface area (Å²) in [5, 5.41) is 8.29. The van der Waals surface area contributed by atoms with Crippen molar-refractivity contribution in [2.45, 2.75) is 4.90 Å². The Labute approximate surface area is 84.5 Å². The second-order valence-electron chi connectivity index (χ2n) is 2.21. The van der Waals surface area contributed by atoms with Gasteiger partial charge < -0.3 is 5.11 Å². The molecule has 1 rings (SSSR count). The molecule has 0 aliphatic heterocycles. The Hall–Kier alpha value is -0.490. The highest BCUT2D eigenvalue weighted by molar-refractivity contribution is 7.86. The highest BCUT2D eigenvalue weighted by atomic mass is 35.5. The van der Waals surface area contributed by atoms with Crippen molar-refractivity contribution >= 4 is 33.3 Å². The van der Waals surface area contributed by atoms with Gasteiger partial charge in [0.05, 0.1) is 10.0 Å². The standard InChI is InChI=1S/C6H4Cl2O4S/c7-4-1-3(9)2-5(8)6(4)13(10,11)12/h1-2,9H,(H,10,11,12). The summed E-state index contributed by atoms with van der Waals surface area (Å²) in [4.78, 5) is -0.603. The smallest absolute Gasteiger partial charge is 0.297 e. The van der Waals surface area contributed by atoms with Gasteiger partial charge in [0.15, 0.2) is 0 Å². The summed E-state index contributed by atoms with van der Waals surface area (Å²) in [6.45, 7) is 0. The first-order valence-electron chi connectivity index (χ1n) is 2.98. The molecule has 13 heavy (non-hydrogen) atoms. The van der Waals surface area contributed by atoms with Gasteiger partial charge in [0.1, 0.15) is 10.6 Å². The molecule has 0 radical (unpaired) electrons. The zero-order valence-electron chi connectivity index (χ0n) is 6.03. The van der Waals surface area contributed by atoms with Gasteiger partial charge in [0, 0.05) is 12.1 Å². The summed E-state index contributed by atoms with van der Waals surface area (Å²) in [6, 6.07) is 1.94. The van der Waals surface area contributed by atoms with E-state index in [2.05, 4.69) is 0 Å². The number of hydrogen-bond acceptors (Lipinski definition) is 3. The quantitative estimate of drug-likeness (QED) is 0.739. The minimum absolute atomic E-state index is 0.276. The van der Waals surface area contributed by atoms with Crippen LogP contribution in [0.15, 0.2) is 17.0 Å². The normalized spacial score (nSPS) is 11.6. The van der Waals surface area contributed by atoms with E-state index in [9.17, 15) is 8.42 Å². The number of phenols is 1. The van der Waals surface area contributed by atoms with E-state index in [4.69, 9.17) is 32.9 Å². The van der Waals surface area contributed by atoms with Crippen molar-refractivity contribution in [3.63, 3.8) is 0 Å². The minimum Gasteiger partial charge on any atom is -0.508 e. The lowest BCUT2D eigenvalue weighted by Gasteiger charge is -2.03. The number of phenolic OH excluding ortho intramolecular Hbond substituents is 1. The Bertz CT molecular complexity index is 417. The highest BCUT2D eigenvalue weighted by Gasteiger charge is 2.19. The minimum atomic E-state index is -4.46. The number of halogens is 2. The molecule has 0 amide bonds. The molecule has 0 aliphatic rings. The molecule has 2 N–H and O–H groups in total. The third kappa shape index (κ3) is 2.25. The zero-order valence-corrected chi connectivity index (χ0v) is 8.36. The fourth-order valence-corrected chi connectivity index (χ4v) is 2.46. The van der Waals surface area contributed by atoms with Crippen molar-refractivity contribution in [3.8, 4) is 5.75 Å². The van der Waals surface area contributed by atoms with E-state index >= 15 is 0 Å². The lowest BCUT2D eigenvalue weighted by Crippen LogP contribution is -1.99. The molecule has 0 aromatic heterocycles. The van der Waals surface area contributed by atoms with Crippen molar-refractivity contribution in [1.82, 2.24) is 0 Å². The van der Waals surface area contributed by atoms with Gasteiger partial charge >= 0.3 is 0 Å². The predicted octanol–water partition coefficient (Wildman–Crippen LogP) is 1.95. The average molecular weight is 243 g/mol. The summed E-state index contributed by atoms with van der Waals surface area (Å²) < 4.78 is 30.0.